The second kappa shape index (κ2) is 4.67. The van der Waals surface area contributed by atoms with Crippen molar-refractivity contribution in [2.24, 2.45) is 0 Å². The van der Waals surface area contributed by atoms with Crippen LogP contribution in [0.25, 0.3) is 0 Å². The van der Waals surface area contributed by atoms with Gasteiger partial charge in [0.2, 0.25) is 0 Å². The lowest BCUT2D eigenvalue weighted by molar-refractivity contribution is 0.467. The molecule has 2 aromatic carbocycles. The maximum atomic E-state index is 9.83. The van der Waals surface area contributed by atoms with Crippen LogP contribution in [0.15, 0.2) is 67.3 Å². The van der Waals surface area contributed by atoms with Crippen molar-refractivity contribution in [3.05, 3.63) is 78.4 Å². The van der Waals surface area contributed by atoms with Crippen LogP contribution in [-0.2, 0) is 0 Å². The number of aromatic hydroxyl groups is 1. The van der Waals surface area contributed by atoms with E-state index in [0.717, 1.165) is 11.1 Å². The van der Waals surface area contributed by atoms with E-state index in [1.165, 1.54) is 0 Å². The van der Waals surface area contributed by atoms with Crippen molar-refractivity contribution in [1.29, 1.82) is 0 Å². The monoisotopic (exact) mass is 210 g/mol. The van der Waals surface area contributed by atoms with Gasteiger partial charge in [-0.15, -0.1) is 6.58 Å². The summed E-state index contributed by atoms with van der Waals surface area (Å²) in [5.41, 5.74) is 2.03. The minimum absolute atomic E-state index is 0.0439. The van der Waals surface area contributed by atoms with Gasteiger partial charge in [-0.1, -0.05) is 54.6 Å². The van der Waals surface area contributed by atoms with E-state index in [2.05, 4.69) is 6.58 Å². The first-order chi connectivity index (χ1) is 7.83. The van der Waals surface area contributed by atoms with Gasteiger partial charge in [0.05, 0.1) is 0 Å². The Balaban J connectivity index is 2.45. The second-order valence-electron chi connectivity index (χ2n) is 3.68. The van der Waals surface area contributed by atoms with Crippen molar-refractivity contribution >= 4 is 0 Å². The fourth-order valence-electron chi connectivity index (χ4n) is 1.85. The van der Waals surface area contributed by atoms with Crippen LogP contribution in [0.5, 0.6) is 5.75 Å². The number of benzene rings is 2. The molecule has 80 valence electrons. The largest absolute Gasteiger partial charge is 0.508 e. The Morgan fingerprint density at radius 3 is 2.19 bits per heavy atom. The van der Waals surface area contributed by atoms with Crippen LogP contribution in [0.3, 0.4) is 0 Å². The molecule has 1 unspecified atom stereocenters. The van der Waals surface area contributed by atoms with Crippen molar-refractivity contribution in [3.63, 3.8) is 0 Å². The zero-order valence-corrected chi connectivity index (χ0v) is 9.01. The van der Waals surface area contributed by atoms with Crippen molar-refractivity contribution < 1.29 is 5.11 Å². The van der Waals surface area contributed by atoms with Gasteiger partial charge in [-0.05, 0) is 11.6 Å². The normalized spacial score (nSPS) is 12.0. The summed E-state index contributed by atoms with van der Waals surface area (Å²) >= 11 is 0. The Morgan fingerprint density at radius 1 is 0.938 bits per heavy atom. The zero-order chi connectivity index (χ0) is 11.4. The van der Waals surface area contributed by atoms with Gasteiger partial charge in [-0.3, -0.25) is 0 Å². The highest BCUT2D eigenvalue weighted by Crippen LogP contribution is 2.31. The van der Waals surface area contributed by atoms with Gasteiger partial charge in [0.15, 0.2) is 0 Å². The van der Waals surface area contributed by atoms with Crippen molar-refractivity contribution in [3.8, 4) is 5.75 Å². The molecule has 0 radical (unpaired) electrons. The highest BCUT2D eigenvalue weighted by Gasteiger charge is 2.12. The quantitative estimate of drug-likeness (QED) is 0.766. The highest BCUT2D eigenvalue weighted by atomic mass is 16.3. The third-order valence-corrected chi connectivity index (χ3v) is 2.67. The SMILES string of the molecule is C=CC(c1ccccc1)c1ccccc1O. The predicted molar refractivity (Wildman–Crippen MR) is 66.6 cm³/mol. The van der Waals surface area contributed by atoms with Gasteiger partial charge in [0, 0.05) is 11.5 Å². The maximum Gasteiger partial charge on any atom is 0.119 e. The molecule has 0 spiro atoms. The molecule has 0 saturated heterocycles. The Kier molecular flexibility index (Phi) is 3.06. The van der Waals surface area contributed by atoms with E-state index in [4.69, 9.17) is 0 Å². The van der Waals surface area contributed by atoms with E-state index in [1.54, 1.807) is 6.07 Å². The standard InChI is InChI=1S/C15H14O/c1-2-13(12-8-4-3-5-9-12)14-10-6-7-11-15(14)16/h2-11,13,16H,1H2. The smallest absolute Gasteiger partial charge is 0.119 e. The Morgan fingerprint density at radius 2 is 1.56 bits per heavy atom. The van der Waals surface area contributed by atoms with E-state index in [-0.39, 0.29) is 5.92 Å². The minimum atomic E-state index is 0.0439. The lowest BCUT2D eigenvalue weighted by Gasteiger charge is -2.14. The van der Waals surface area contributed by atoms with E-state index in [9.17, 15) is 5.11 Å². The average molecular weight is 210 g/mol. The summed E-state index contributed by atoms with van der Waals surface area (Å²) in [5.74, 6) is 0.360. The first-order valence-corrected chi connectivity index (χ1v) is 5.28. The molecule has 0 aliphatic rings. The molecule has 0 aliphatic carbocycles. The van der Waals surface area contributed by atoms with Crippen molar-refractivity contribution in [1.82, 2.24) is 0 Å². The third-order valence-electron chi connectivity index (χ3n) is 2.67. The summed E-state index contributed by atoms with van der Waals surface area (Å²) in [4.78, 5) is 0. The van der Waals surface area contributed by atoms with Crippen LogP contribution < -0.4 is 0 Å². The fraction of sp³-hybridized carbons (Fsp3) is 0.0667. The van der Waals surface area contributed by atoms with Crippen LogP contribution in [-0.4, -0.2) is 5.11 Å². The van der Waals surface area contributed by atoms with Crippen LogP contribution >= 0.6 is 0 Å². The second-order valence-corrected chi connectivity index (χ2v) is 3.68. The first-order valence-electron chi connectivity index (χ1n) is 5.28. The Hall–Kier alpha value is -2.02. The maximum absolute atomic E-state index is 9.83. The van der Waals surface area contributed by atoms with Gasteiger partial charge in [0.1, 0.15) is 5.75 Å². The van der Waals surface area contributed by atoms with Gasteiger partial charge in [0.25, 0.3) is 0 Å². The lowest BCUT2D eigenvalue weighted by Crippen LogP contribution is -1.97. The summed E-state index contributed by atoms with van der Waals surface area (Å²) in [6.07, 6.45) is 1.85. The molecule has 1 nitrogen and oxygen atoms in total. The number of allylic oxidation sites excluding steroid dienone is 1. The van der Waals surface area contributed by atoms with E-state index < -0.39 is 0 Å². The van der Waals surface area contributed by atoms with Gasteiger partial charge < -0.3 is 5.11 Å². The fourth-order valence-corrected chi connectivity index (χ4v) is 1.85. The highest BCUT2D eigenvalue weighted by molar-refractivity contribution is 5.43. The summed E-state index contributed by atoms with van der Waals surface area (Å²) in [5, 5.41) is 9.83. The van der Waals surface area contributed by atoms with E-state index in [0.29, 0.717) is 5.75 Å². The van der Waals surface area contributed by atoms with Crippen LogP contribution in [0.4, 0.5) is 0 Å². The molecule has 2 rings (SSSR count). The third kappa shape index (κ3) is 1.98. The van der Waals surface area contributed by atoms with Crippen molar-refractivity contribution in [2.75, 3.05) is 0 Å². The molecule has 0 saturated carbocycles. The molecule has 16 heavy (non-hydrogen) atoms. The van der Waals surface area contributed by atoms with Gasteiger partial charge in [-0.25, -0.2) is 0 Å². The summed E-state index contributed by atoms with van der Waals surface area (Å²) in [6, 6.07) is 17.4. The summed E-state index contributed by atoms with van der Waals surface area (Å²) in [7, 11) is 0. The first kappa shape index (κ1) is 10.5. The zero-order valence-electron chi connectivity index (χ0n) is 9.01. The van der Waals surface area contributed by atoms with Gasteiger partial charge in [-0.2, -0.15) is 0 Å². The van der Waals surface area contributed by atoms with Crippen molar-refractivity contribution in [2.45, 2.75) is 5.92 Å². The number of para-hydroxylation sites is 1. The van der Waals surface area contributed by atoms with Crippen LogP contribution in [0.2, 0.25) is 0 Å². The molecule has 1 heteroatoms. The molecule has 0 aromatic heterocycles. The number of phenolic OH excluding ortho intramolecular Hbond substituents is 1. The summed E-state index contributed by atoms with van der Waals surface area (Å²) in [6.45, 7) is 3.84. The van der Waals surface area contributed by atoms with Crippen LogP contribution in [0, 0.1) is 0 Å². The molecule has 0 fully saturated rings. The number of phenols is 1. The molecule has 0 heterocycles. The Bertz CT molecular complexity index is 474. The molecule has 2 aromatic rings. The van der Waals surface area contributed by atoms with Crippen LogP contribution in [0.1, 0.15) is 17.0 Å². The number of hydrogen-bond acceptors (Lipinski definition) is 1. The van der Waals surface area contributed by atoms with E-state index >= 15 is 0 Å². The number of rotatable bonds is 3. The topological polar surface area (TPSA) is 20.2 Å². The molecular formula is C15H14O. The molecule has 0 amide bonds. The molecule has 0 bridgehead atoms. The lowest BCUT2D eigenvalue weighted by atomic mass is 9.91. The molecule has 1 atom stereocenters. The Labute approximate surface area is 95.7 Å². The van der Waals surface area contributed by atoms with E-state index in [1.807, 2.05) is 54.6 Å². The average Bonchev–Trinajstić information content (AvgIpc) is 2.34. The molecule has 0 aliphatic heterocycles. The minimum Gasteiger partial charge on any atom is -0.508 e. The molecular weight excluding hydrogens is 196 g/mol. The number of hydrogen-bond donors (Lipinski definition) is 1. The van der Waals surface area contributed by atoms with Gasteiger partial charge >= 0.3 is 0 Å². The predicted octanol–water partition coefficient (Wildman–Crippen LogP) is 3.71. The molecule has 1 N–H and O–H groups in total. The summed E-state index contributed by atoms with van der Waals surface area (Å²) < 4.78 is 0.